The predicted molar refractivity (Wildman–Crippen MR) is 88.6 cm³/mol. The third kappa shape index (κ3) is 4.70. The van der Waals surface area contributed by atoms with Gasteiger partial charge in [0.25, 0.3) is 0 Å². The van der Waals surface area contributed by atoms with Crippen LogP contribution in [0.2, 0.25) is 0 Å². The zero-order valence-electron chi connectivity index (χ0n) is 13.3. The van der Waals surface area contributed by atoms with Gasteiger partial charge in [0.05, 0.1) is 0 Å². The van der Waals surface area contributed by atoms with Crippen LogP contribution >= 0.6 is 15.9 Å². The molecule has 2 atom stereocenters. The summed E-state index contributed by atoms with van der Waals surface area (Å²) in [6, 6.07) is 6.62. The van der Waals surface area contributed by atoms with Crippen molar-refractivity contribution in [2.75, 3.05) is 13.1 Å². The number of hydrogen-bond donors (Lipinski definition) is 0. The Hall–Kier alpha value is -1.10. The number of hydrogen-bond acceptors (Lipinski definition) is 2. The van der Waals surface area contributed by atoms with Crippen LogP contribution in [0.25, 0.3) is 0 Å². The van der Waals surface area contributed by atoms with E-state index in [2.05, 4.69) is 15.9 Å². The van der Waals surface area contributed by atoms with Crippen molar-refractivity contribution in [3.05, 3.63) is 35.6 Å². The number of halogens is 2. The lowest BCUT2D eigenvalue weighted by Crippen LogP contribution is -2.43. The lowest BCUT2D eigenvalue weighted by atomic mass is 9.91. The van der Waals surface area contributed by atoms with Crippen LogP contribution in [0.3, 0.4) is 0 Å². The molecule has 2 unspecified atom stereocenters. The number of benzene rings is 1. The molecule has 0 N–H and O–H groups in total. The van der Waals surface area contributed by atoms with Gasteiger partial charge in [0, 0.05) is 17.9 Å². The van der Waals surface area contributed by atoms with Crippen LogP contribution in [0.15, 0.2) is 24.3 Å². The second kappa shape index (κ2) is 6.99. The molecule has 1 saturated heterocycles. The number of piperidine rings is 1. The molecule has 5 heteroatoms. The van der Waals surface area contributed by atoms with Gasteiger partial charge in [-0.25, -0.2) is 9.18 Å². The molecule has 0 radical (unpaired) electrons. The van der Waals surface area contributed by atoms with Crippen molar-refractivity contribution in [3.8, 4) is 0 Å². The Morgan fingerprint density at radius 2 is 2.18 bits per heavy atom. The molecule has 1 aliphatic rings. The van der Waals surface area contributed by atoms with Gasteiger partial charge in [-0.15, -0.1) is 0 Å². The summed E-state index contributed by atoms with van der Waals surface area (Å²) in [4.78, 5) is 14.0. The zero-order chi connectivity index (χ0) is 16.3. The Bertz CT molecular complexity index is 530. The van der Waals surface area contributed by atoms with E-state index in [1.807, 2.05) is 26.8 Å². The maximum atomic E-state index is 13.4. The number of ether oxygens (including phenoxy) is 1. The molecule has 1 aromatic carbocycles. The van der Waals surface area contributed by atoms with Crippen LogP contribution in [0.5, 0.6) is 0 Å². The molecule has 2 rings (SSSR count). The second-order valence-corrected chi connectivity index (χ2v) is 7.77. The Labute approximate surface area is 140 Å². The summed E-state index contributed by atoms with van der Waals surface area (Å²) in [5.74, 6) is 0.0184. The van der Waals surface area contributed by atoms with E-state index >= 15 is 0 Å². The average molecular weight is 372 g/mol. The van der Waals surface area contributed by atoms with Gasteiger partial charge >= 0.3 is 6.09 Å². The van der Waals surface area contributed by atoms with Crippen LogP contribution in [0, 0.1) is 11.7 Å². The van der Waals surface area contributed by atoms with E-state index in [0.29, 0.717) is 13.1 Å². The molecular formula is C17H23BrFNO2. The number of nitrogens with zero attached hydrogens (tertiary/aromatic N) is 1. The van der Waals surface area contributed by atoms with Crippen LogP contribution in [-0.4, -0.2) is 29.7 Å². The Morgan fingerprint density at radius 3 is 2.82 bits per heavy atom. The molecule has 3 nitrogen and oxygen atoms in total. The number of rotatable bonds is 2. The quantitative estimate of drug-likeness (QED) is 0.691. The lowest BCUT2D eigenvalue weighted by molar-refractivity contribution is 0.0165. The molecule has 0 spiro atoms. The van der Waals surface area contributed by atoms with Gasteiger partial charge in [0.15, 0.2) is 0 Å². The summed E-state index contributed by atoms with van der Waals surface area (Å²) < 4.78 is 18.8. The first-order valence-corrected chi connectivity index (χ1v) is 8.55. The molecular weight excluding hydrogens is 349 g/mol. The lowest BCUT2D eigenvalue weighted by Gasteiger charge is -2.36. The van der Waals surface area contributed by atoms with E-state index in [4.69, 9.17) is 4.74 Å². The van der Waals surface area contributed by atoms with Crippen molar-refractivity contribution in [2.24, 2.45) is 5.92 Å². The van der Waals surface area contributed by atoms with Crippen molar-refractivity contribution < 1.29 is 13.9 Å². The molecule has 1 aromatic rings. The van der Waals surface area contributed by atoms with E-state index in [9.17, 15) is 9.18 Å². The van der Waals surface area contributed by atoms with E-state index in [0.717, 1.165) is 18.4 Å². The molecule has 0 saturated carbocycles. The zero-order valence-corrected chi connectivity index (χ0v) is 14.9. The summed E-state index contributed by atoms with van der Waals surface area (Å²) in [7, 11) is 0. The standard InChI is InChI=1S/C17H23BrFNO2/c1-17(2,3)22-16(21)20-9-5-7-13(11-20)15(18)12-6-4-8-14(19)10-12/h4,6,8,10,13,15H,5,7,9,11H2,1-3H3. The highest BCUT2D eigenvalue weighted by molar-refractivity contribution is 9.09. The molecule has 0 aliphatic carbocycles. The third-order valence-corrected chi connectivity index (χ3v) is 4.97. The van der Waals surface area contributed by atoms with Crippen molar-refractivity contribution in [1.82, 2.24) is 4.90 Å². The maximum absolute atomic E-state index is 13.4. The first kappa shape index (κ1) is 17.3. The van der Waals surface area contributed by atoms with Crippen molar-refractivity contribution in [1.29, 1.82) is 0 Å². The highest BCUT2D eigenvalue weighted by atomic mass is 79.9. The monoisotopic (exact) mass is 371 g/mol. The van der Waals surface area contributed by atoms with E-state index in [1.165, 1.54) is 6.07 Å². The third-order valence-electron chi connectivity index (χ3n) is 3.69. The van der Waals surface area contributed by atoms with Crippen molar-refractivity contribution in [3.63, 3.8) is 0 Å². The van der Waals surface area contributed by atoms with Gasteiger partial charge in [-0.3, -0.25) is 0 Å². The minimum atomic E-state index is -0.486. The van der Waals surface area contributed by atoms with E-state index < -0.39 is 5.60 Å². The van der Waals surface area contributed by atoms with E-state index in [1.54, 1.807) is 17.0 Å². The van der Waals surface area contributed by atoms with Gasteiger partial charge in [-0.2, -0.15) is 0 Å². The summed E-state index contributed by atoms with van der Waals surface area (Å²) in [5, 5.41) is 0. The largest absolute Gasteiger partial charge is 0.444 e. The summed E-state index contributed by atoms with van der Waals surface area (Å²) in [6.45, 7) is 6.95. The normalized spacial score (nSPS) is 20.6. The number of carbonyl (C=O) groups is 1. The maximum Gasteiger partial charge on any atom is 0.410 e. The van der Waals surface area contributed by atoms with Crippen molar-refractivity contribution in [2.45, 2.75) is 44.0 Å². The molecule has 0 bridgehead atoms. The molecule has 1 fully saturated rings. The Morgan fingerprint density at radius 1 is 1.45 bits per heavy atom. The fraction of sp³-hybridized carbons (Fsp3) is 0.588. The van der Waals surface area contributed by atoms with Crippen molar-refractivity contribution >= 4 is 22.0 Å². The van der Waals surface area contributed by atoms with Gasteiger partial charge < -0.3 is 9.64 Å². The molecule has 1 amide bonds. The molecule has 1 aliphatic heterocycles. The fourth-order valence-electron chi connectivity index (χ4n) is 2.69. The predicted octanol–water partition coefficient (Wildman–Crippen LogP) is 4.91. The highest BCUT2D eigenvalue weighted by Crippen LogP contribution is 2.37. The number of alkyl halides is 1. The van der Waals surface area contributed by atoms with Crippen LogP contribution in [-0.2, 0) is 4.74 Å². The first-order chi connectivity index (χ1) is 10.3. The van der Waals surface area contributed by atoms with Gasteiger partial charge in [0.2, 0.25) is 0 Å². The minimum Gasteiger partial charge on any atom is -0.444 e. The smallest absolute Gasteiger partial charge is 0.410 e. The highest BCUT2D eigenvalue weighted by Gasteiger charge is 2.31. The first-order valence-electron chi connectivity index (χ1n) is 7.64. The average Bonchev–Trinajstić information content (AvgIpc) is 2.45. The van der Waals surface area contributed by atoms with Gasteiger partial charge in [-0.1, -0.05) is 28.1 Å². The molecule has 1 heterocycles. The van der Waals surface area contributed by atoms with E-state index in [-0.39, 0.29) is 22.7 Å². The topological polar surface area (TPSA) is 29.5 Å². The minimum absolute atomic E-state index is 0.0356. The summed E-state index contributed by atoms with van der Waals surface area (Å²) in [5.41, 5.74) is 0.427. The molecule has 122 valence electrons. The Balaban J connectivity index is 2.02. The van der Waals surface area contributed by atoms with Crippen LogP contribution in [0.1, 0.15) is 44.0 Å². The van der Waals surface area contributed by atoms with Gasteiger partial charge in [0.1, 0.15) is 11.4 Å². The Kier molecular flexibility index (Phi) is 5.48. The summed E-state index contributed by atoms with van der Waals surface area (Å²) >= 11 is 3.67. The molecule has 0 aromatic heterocycles. The fourth-order valence-corrected chi connectivity index (χ4v) is 3.41. The number of carbonyl (C=O) groups excluding carboxylic acids is 1. The summed E-state index contributed by atoms with van der Waals surface area (Å²) in [6.07, 6.45) is 1.67. The SMILES string of the molecule is CC(C)(C)OC(=O)N1CCCC(C(Br)c2cccc(F)c2)C1. The molecule has 22 heavy (non-hydrogen) atoms. The second-order valence-electron chi connectivity index (χ2n) is 6.79. The van der Waals surface area contributed by atoms with Crippen LogP contribution < -0.4 is 0 Å². The van der Waals surface area contributed by atoms with Gasteiger partial charge in [-0.05, 0) is 57.2 Å². The van der Waals surface area contributed by atoms with Crippen LogP contribution in [0.4, 0.5) is 9.18 Å². The number of likely N-dealkylation sites (tertiary alicyclic amines) is 1. The number of amides is 1.